The molecule has 1 rings (SSSR count). The van der Waals surface area contributed by atoms with Crippen molar-refractivity contribution < 1.29 is 0 Å². The van der Waals surface area contributed by atoms with Gasteiger partial charge in [-0.1, -0.05) is 13.3 Å². The van der Waals surface area contributed by atoms with E-state index in [9.17, 15) is 0 Å². The highest BCUT2D eigenvalue weighted by molar-refractivity contribution is 4.82. The fourth-order valence-corrected chi connectivity index (χ4v) is 2.25. The molecule has 2 atom stereocenters. The molecule has 1 saturated heterocycles. The van der Waals surface area contributed by atoms with Gasteiger partial charge in [-0.3, -0.25) is 4.90 Å². The molecule has 0 aromatic heterocycles. The Morgan fingerprint density at radius 1 is 1.42 bits per heavy atom. The van der Waals surface area contributed by atoms with Gasteiger partial charge in [-0.25, -0.2) is 0 Å². The van der Waals surface area contributed by atoms with Crippen LogP contribution in [0.3, 0.4) is 0 Å². The van der Waals surface area contributed by atoms with Crippen LogP contribution in [0.5, 0.6) is 0 Å². The number of likely N-dealkylation sites (tertiary alicyclic amines) is 1. The van der Waals surface area contributed by atoms with Gasteiger partial charge in [-0.05, 0) is 32.7 Å². The number of hydrogen-bond acceptors (Lipinski definition) is 2. The molecule has 0 amide bonds. The van der Waals surface area contributed by atoms with E-state index in [1.165, 1.54) is 32.2 Å². The van der Waals surface area contributed by atoms with Crippen LogP contribution >= 0.6 is 0 Å². The summed E-state index contributed by atoms with van der Waals surface area (Å²) in [6, 6.07) is 1.42. The Labute approximate surface area is 76.1 Å². The molecule has 72 valence electrons. The maximum Gasteiger partial charge on any atom is 0.0221 e. The average Bonchev–Trinajstić information content (AvgIpc) is 2.09. The molecule has 1 fully saturated rings. The number of nitrogens with two attached hydrogens (primary N) is 1. The molecule has 0 radical (unpaired) electrons. The zero-order valence-electron chi connectivity index (χ0n) is 8.42. The molecule has 2 nitrogen and oxygen atoms in total. The quantitative estimate of drug-likeness (QED) is 0.697. The van der Waals surface area contributed by atoms with Crippen LogP contribution in [0.2, 0.25) is 0 Å². The van der Waals surface area contributed by atoms with Crippen LogP contribution in [-0.2, 0) is 0 Å². The highest BCUT2D eigenvalue weighted by Gasteiger charge is 2.25. The predicted molar refractivity (Wildman–Crippen MR) is 53.2 cm³/mol. The highest BCUT2D eigenvalue weighted by Crippen LogP contribution is 2.21. The van der Waals surface area contributed by atoms with E-state index in [-0.39, 0.29) is 0 Å². The summed E-state index contributed by atoms with van der Waals surface area (Å²) in [4.78, 5) is 2.59. The van der Waals surface area contributed by atoms with Gasteiger partial charge in [0.1, 0.15) is 0 Å². The standard InChI is InChI=1S/C10H22N2/c1-3-7-12-9(2)5-4-6-10(12)8-11/h9-10H,3-8,11H2,1-2H3. The zero-order valence-corrected chi connectivity index (χ0v) is 8.42. The molecule has 0 aromatic rings. The Morgan fingerprint density at radius 3 is 2.75 bits per heavy atom. The van der Waals surface area contributed by atoms with E-state index in [1.807, 2.05) is 0 Å². The van der Waals surface area contributed by atoms with Gasteiger partial charge in [-0.2, -0.15) is 0 Å². The van der Waals surface area contributed by atoms with Crippen LogP contribution < -0.4 is 5.73 Å². The number of hydrogen-bond donors (Lipinski definition) is 1. The largest absolute Gasteiger partial charge is 0.329 e. The summed E-state index contributed by atoms with van der Waals surface area (Å²) in [5.41, 5.74) is 5.74. The fraction of sp³-hybridized carbons (Fsp3) is 1.00. The summed E-state index contributed by atoms with van der Waals surface area (Å²) < 4.78 is 0. The number of nitrogens with zero attached hydrogens (tertiary/aromatic N) is 1. The van der Waals surface area contributed by atoms with Crippen molar-refractivity contribution in [3.8, 4) is 0 Å². The van der Waals surface area contributed by atoms with E-state index in [0.717, 1.165) is 12.6 Å². The Bertz CT molecular complexity index is 125. The summed E-state index contributed by atoms with van der Waals surface area (Å²) in [7, 11) is 0. The first-order valence-corrected chi connectivity index (χ1v) is 5.25. The van der Waals surface area contributed by atoms with Crippen molar-refractivity contribution in [2.24, 2.45) is 5.73 Å². The lowest BCUT2D eigenvalue weighted by molar-refractivity contribution is 0.0976. The summed E-state index contributed by atoms with van der Waals surface area (Å²) in [6.45, 7) is 6.64. The van der Waals surface area contributed by atoms with E-state index < -0.39 is 0 Å². The molecule has 0 bridgehead atoms. The zero-order chi connectivity index (χ0) is 8.97. The van der Waals surface area contributed by atoms with Gasteiger partial charge in [0.25, 0.3) is 0 Å². The van der Waals surface area contributed by atoms with Gasteiger partial charge < -0.3 is 5.73 Å². The average molecular weight is 170 g/mol. The number of piperidine rings is 1. The molecule has 0 spiro atoms. The molecular formula is C10H22N2. The van der Waals surface area contributed by atoms with Gasteiger partial charge in [0.2, 0.25) is 0 Å². The molecule has 12 heavy (non-hydrogen) atoms. The second-order valence-corrected chi connectivity index (χ2v) is 3.91. The van der Waals surface area contributed by atoms with Gasteiger partial charge in [-0.15, -0.1) is 0 Å². The van der Waals surface area contributed by atoms with Crippen molar-refractivity contribution in [2.45, 2.75) is 51.6 Å². The maximum absolute atomic E-state index is 5.74. The molecule has 1 aliphatic heterocycles. The van der Waals surface area contributed by atoms with E-state index in [1.54, 1.807) is 0 Å². The minimum absolute atomic E-state index is 0.661. The lowest BCUT2D eigenvalue weighted by atomic mass is 9.96. The first-order valence-electron chi connectivity index (χ1n) is 5.25. The topological polar surface area (TPSA) is 29.3 Å². The minimum atomic E-state index is 0.661. The third kappa shape index (κ3) is 2.20. The summed E-state index contributed by atoms with van der Waals surface area (Å²) in [5.74, 6) is 0. The van der Waals surface area contributed by atoms with E-state index in [0.29, 0.717) is 6.04 Å². The molecular weight excluding hydrogens is 148 g/mol. The van der Waals surface area contributed by atoms with Gasteiger partial charge >= 0.3 is 0 Å². The molecule has 1 aliphatic rings. The van der Waals surface area contributed by atoms with Crippen molar-refractivity contribution in [1.29, 1.82) is 0 Å². The second kappa shape index (κ2) is 4.83. The smallest absolute Gasteiger partial charge is 0.0221 e. The maximum atomic E-state index is 5.74. The summed E-state index contributed by atoms with van der Waals surface area (Å²) in [6.07, 6.45) is 5.28. The summed E-state index contributed by atoms with van der Waals surface area (Å²) in [5, 5.41) is 0. The van der Waals surface area contributed by atoms with E-state index >= 15 is 0 Å². The Morgan fingerprint density at radius 2 is 2.17 bits per heavy atom. The molecule has 0 aromatic carbocycles. The lowest BCUT2D eigenvalue weighted by Crippen LogP contribution is -2.48. The van der Waals surface area contributed by atoms with Crippen LogP contribution in [-0.4, -0.2) is 30.1 Å². The van der Waals surface area contributed by atoms with Crippen LogP contribution in [0.25, 0.3) is 0 Å². The monoisotopic (exact) mass is 170 g/mol. The van der Waals surface area contributed by atoms with Gasteiger partial charge in [0, 0.05) is 18.6 Å². The van der Waals surface area contributed by atoms with Crippen LogP contribution in [0.1, 0.15) is 39.5 Å². The third-order valence-electron chi connectivity index (χ3n) is 2.95. The van der Waals surface area contributed by atoms with Gasteiger partial charge in [0.15, 0.2) is 0 Å². The van der Waals surface area contributed by atoms with Crippen molar-refractivity contribution in [3.63, 3.8) is 0 Å². The van der Waals surface area contributed by atoms with E-state index in [2.05, 4.69) is 18.7 Å². The van der Waals surface area contributed by atoms with Gasteiger partial charge in [0.05, 0.1) is 0 Å². The third-order valence-corrected chi connectivity index (χ3v) is 2.95. The van der Waals surface area contributed by atoms with E-state index in [4.69, 9.17) is 5.73 Å². The molecule has 2 unspecified atom stereocenters. The Kier molecular flexibility index (Phi) is 4.02. The van der Waals surface area contributed by atoms with Crippen molar-refractivity contribution >= 4 is 0 Å². The van der Waals surface area contributed by atoms with Crippen LogP contribution in [0.4, 0.5) is 0 Å². The van der Waals surface area contributed by atoms with Crippen molar-refractivity contribution in [3.05, 3.63) is 0 Å². The van der Waals surface area contributed by atoms with Crippen LogP contribution in [0.15, 0.2) is 0 Å². The highest BCUT2D eigenvalue weighted by atomic mass is 15.2. The van der Waals surface area contributed by atoms with Crippen LogP contribution in [0, 0.1) is 0 Å². The first-order chi connectivity index (χ1) is 5.79. The SMILES string of the molecule is CCCN1C(C)CCCC1CN. The second-order valence-electron chi connectivity index (χ2n) is 3.91. The number of rotatable bonds is 3. The molecule has 2 heteroatoms. The molecule has 1 heterocycles. The normalized spacial score (nSPS) is 32.2. The molecule has 0 saturated carbocycles. The fourth-order valence-electron chi connectivity index (χ4n) is 2.25. The molecule has 0 aliphatic carbocycles. The molecule has 2 N–H and O–H groups in total. The Balaban J connectivity index is 2.47. The predicted octanol–water partition coefficient (Wildman–Crippen LogP) is 1.60. The van der Waals surface area contributed by atoms with Crippen molar-refractivity contribution in [2.75, 3.05) is 13.1 Å². The Hall–Kier alpha value is -0.0800. The summed E-state index contributed by atoms with van der Waals surface area (Å²) >= 11 is 0. The minimum Gasteiger partial charge on any atom is -0.329 e. The lowest BCUT2D eigenvalue weighted by Gasteiger charge is -2.40. The van der Waals surface area contributed by atoms with Crippen molar-refractivity contribution in [1.82, 2.24) is 4.90 Å². The first kappa shape index (κ1) is 10.0.